The number of para-hydroxylation sites is 1. The molecule has 7 aromatic rings. The van der Waals surface area contributed by atoms with Crippen molar-refractivity contribution in [2.75, 3.05) is 59.7 Å². The zero-order valence-corrected chi connectivity index (χ0v) is 31.9. The summed E-state index contributed by atoms with van der Waals surface area (Å²) in [5.74, 6) is -0.0207. The molecule has 276 valence electrons. The number of carbonyl (C=O) groups excluding carboxylic acids is 2. The molecule has 0 unspecified atom stereocenters. The summed E-state index contributed by atoms with van der Waals surface area (Å²) in [6.07, 6.45) is 5.35. The monoisotopic (exact) mass is 721 g/mol. The maximum absolute atomic E-state index is 14.3. The molecule has 54 heavy (non-hydrogen) atoms. The van der Waals surface area contributed by atoms with Crippen LogP contribution in [0.1, 0.15) is 39.4 Å². The Labute approximate surface area is 316 Å². The first-order valence-corrected chi connectivity index (χ1v) is 18.4. The molecule has 4 aromatic carbocycles. The number of benzene rings is 4. The highest BCUT2D eigenvalue weighted by Gasteiger charge is 2.28. The lowest BCUT2D eigenvalue weighted by Crippen LogP contribution is -2.36. The zero-order valence-electron chi connectivity index (χ0n) is 31.9. The van der Waals surface area contributed by atoms with Crippen LogP contribution >= 0.6 is 0 Å². The summed E-state index contributed by atoms with van der Waals surface area (Å²) >= 11 is 0. The van der Waals surface area contributed by atoms with Gasteiger partial charge in [0, 0.05) is 49.0 Å². The molecule has 10 nitrogen and oxygen atoms in total. The van der Waals surface area contributed by atoms with Crippen molar-refractivity contribution in [3.05, 3.63) is 114 Å². The van der Waals surface area contributed by atoms with Crippen LogP contribution in [0.15, 0.2) is 102 Å². The van der Waals surface area contributed by atoms with Crippen molar-refractivity contribution in [2.24, 2.45) is 7.05 Å². The van der Waals surface area contributed by atoms with Crippen LogP contribution in [0.5, 0.6) is 0 Å². The average molecular weight is 722 g/mol. The molecule has 3 heterocycles. The van der Waals surface area contributed by atoms with E-state index in [2.05, 4.69) is 68.8 Å². The molecule has 2 amide bonds. The summed E-state index contributed by atoms with van der Waals surface area (Å²) in [6.45, 7) is 4.84. The van der Waals surface area contributed by atoms with E-state index in [-0.39, 0.29) is 11.8 Å². The van der Waals surface area contributed by atoms with Crippen molar-refractivity contribution < 1.29 is 14.1 Å². The van der Waals surface area contributed by atoms with E-state index in [0.717, 1.165) is 75.1 Å². The van der Waals surface area contributed by atoms with Crippen molar-refractivity contribution in [3.63, 3.8) is 0 Å². The van der Waals surface area contributed by atoms with Gasteiger partial charge in [-0.3, -0.25) is 14.6 Å². The van der Waals surface area contributed by atoms with Gasteiger partial charge in [-0.15, -0.1) is 0 Å². The number of fused-ring (bicyclic) bond motifs is 3. The summed E-state index contributed by atoms with van der Waals surface area (Å²) in [5, 5.41) is 12.6. The van der Waals surface area contributed by atoms with E-state index in [4.69, 9.17) is 9.51 Å². The third-order valence-corrected chi connectivity index (χ3v) is 10.00. The Kier molecular flexibility index (Phi) is 10.6. The maximum Gasteiger partial charge on any atom is 0.270 e. The molecular weight excluding hydrogens is 675 g/mol. The number of aryl methyl sites for hydroxylation is 2. The lowest BCUT2D eigenvalue weighted by molar-refractivity contribution is 0.0735. The predicted molar refractivity (Wildman–Crippen MR) is 218 cm³/mol. The van der Waals surface area contributed by atoms with E-state index in [1.165, 1.54) is 0 Å². The van der Waals surface area contributed by atoms with Crippen LogP contribution in [-0.2, 0) is 7.05 Å². The molecule has 0 bridgehead atoms. The molecule has 0 saturated heterocycles. The number of nitrogens with zero attached hydrogens (tertiary/aromatic N) is 6. The van der Waals surface area contributed by atoms with Crippen LogP contribution in [0, 0.1) is 6.92 Å². The van der Waals surface area contributed by atoms with Crippen molar-refractivity contribution in [2.45, 2.75) is 19.8 Å². The van der Waals surface area contributed by atoms with Gasteiger partial charge in [0.2, 0.25) is 0 Å². The van der Waals surface area contributed by atoms with Crippen LogP contribution in [0.2, 0.25) is 0 Å². The number of aromatic nitrogens is 3. The Morgan fingerprint density at radius 2 is 1.35 bits per heavy atom. The van der Waals surface area contributed by atoms with Crippen LogP contribution in [-0.4, -0.2) is 95.6 Å². The molecule has 0 radical (unpaired) electrons. The Hall–Kier alpha value is -5.84. The predicted octanol–water partition coefficient (Wildman–Crippen LogP) is 8.11. The number of hydrogen-bond acceptors (Lipinski definition) is 7. The molecule has 0 saturated carbocycles. The van der Waals surface area contributed by atoms with E-state index >= 15 is 0 Å². The second-order valence-corrected chi connectivity index (χ2v) is 14.5. The number of anilines is 1. The molecule has 0 aliphatic rings. The third-order valence-electron chi connectivity index (χ3n) is 10.00. The standard InChI is InChI=1S/C44H47N7O3/c1-29-38(43(52)46-31-27-37(50(6)28-31)44(53)51(25-13-23-48(2)3)26-14-24-49(4)5)42(47-54-29)40-34-19-9-7-17-32(34)39(33-18-8-10-20-35(33)40)36-21-11-15-30-16-12-22-45-41(30)36/h7-12,15-22,27-28H,13-14,23-26H2,1-6H3,(H,46,52). The molecule has 0 atom stereocenters. The van der Waals surface area contributed by atoms with Crippen LogP contribution < -0.4 is 5.32 Å². The molecule has 10 heteroatoms. The van der Waals surface area contributed by atoms with Gasteiger partial charge in [-0.25, -0.2) is 0 Å². The van der Waals surface area contributed by atoms with E-state index in [1.54, 1.807) is 23.8 Å². The number of amides is 2. The SMILES string of the molecule is Cc1onc(-c2c3ccccc3c(-c3cccc4cccnc34)c3ccccc23)c1C(=O)Nc1cc(C(=O)N(CCCN(C)C)CCCN(C)C)n(C)c1. The highest BCUT2D eigenvalue weighted by Crippen LogP contribution is 2.45. The van der Waals surface area contributed by atoms with Crippen molar-refractivity contribution in [3.8, 4) is 22.4 Å². The first kappa shape index (κ1) is 36.5. The van der Waals surface area contributed by atoms with Crippen molar-refractivity contribution in [1.29, 1.82) is 0 Å². The average Bonchev–Trinajstić information content (AvgIpc) is 3.73. The third kappa shape index (κ3) is 7.22. The van der Waals surface area contributed by atoms with Crippen LogP contribution in [0.3, 0.4) is 0 Å². The van der Waals surface area contributed by atoms with Gasteiger partial charge in [0.1, 0.15) is 22.7 Å². The lowest BCUT2D eigenvalue weighted by atomic mass is 9.86. The number of carbonyl (C=O) groups is 2. The number of rotatable bonds is 13. The number of pyridine rings is 1. The Morgan fingerprint density at radius 1 is 0.759 bits per heavy atom. The van der Waals surface area contributed by atoms with E-state index in [1.807, 2.05) is 76.7 Å². The van der Waals surface area contributed by atoms with E-state index < -0.39 is 0 Å². The molecule has 0 aliphatic carbocycles. The van der Waals surface area contributed by atoms with Gasteiger partial charge < -0.3 is 29.1 Å². The van der Waals surface area contributed by atoms with Gasteiger partial charge in [-0.1, -0.05) is 78.0 Å². The molecule has 1 N–H and O–H groups in total. The zero-order chi connectivity index (χ0) is 37.9. The molecule has 7 rings (SSSR count). The minimum atomic E-state index is -0.363. The normalized spacial score (nSPS) is 11.7. The van der Waals surface area contributed by atoms with Gasteiger partial charge in [0.15, 0.2) is 0 Å². The van der Waals surface area contributed by atoms with Crippen molar-refractivity contribution >= 4 is 49.9 Å². The second-order valence-electron chi connectivity index (χ2n) is 14.5. The van der Waals surface area contributed by atoms with Crippen LogP contribution in [0.25, 0.3) is 54.8 Å². The van der Waals surface area contributed by atoms with E-state index in [0.29, 0.717) is 41.5 Å². The fraction of sp³-hybridized carbons (Fsp3) is 0.273. The number of nitrogens with one attached hydrogen (secondary N) is 1. The maximum atomic E-state index is 14.3. The highest BCUT2D eigenvalue weighted by molar-refractivity contribution is 6.24. The van der Waals surface area contributed by atoms with E-state index in [9.17, 15) is 9.59 Å². The van der Waals surface area contributed by atoms with Gasteiger partial charge >= 0.3 is 0 Å². The minimum absolute atomic E-state index is 0.0585. The summed E-state index contributed by atoms with van der Waals surface area (Å²) in [5.41, 5.74) is 5.67. The Bertz CT molecular complexity index is 2400. The summed E-state index contributed by atoms with van der Waals surface area (Å²) in [7, 11) is 9.99. The summed E-state index contributed by atoms with van der Waals surface area (Å²) < 4.78 is 7.58. The number of hydrogen-bond donors (Lipinski definition) is 1. The topological polar surface area (TPSA) is 99.7 Å². The quantitative estimate of drug-likeness (QED) is 0.120. The molecule has 3 aromatic heterocycles. The Balaban J connectivity index is 1.26. The van der Waals surface area contributed by atoms with Crippen molar-refractivity contribution in [1.82, 2.24) is 29.4 Å². The first-order valence-electron chi connectivity index (χ1n) is 18.4. The molecule has 0 aliphatic heterocycles. The lowest BCUT2D eigenvalue weighted by Gasteiger charge is -2.24. The minimum Gasteiger partial charge on any atom is -0.360 e. The fourth-order valence-corrected chi connectivity index (χ4v) is 7.46. The summed E-state index contributed by atoms with van der Waals surface area (Å²) in [6, 6.07) is 28.5. The largest absolute Gasteiger partial charge is 0.360 e. The van der Waals surface area contributed by atoms with Gasteiger partial charge in [0.25, 0.3) is 11.8 Å². The van der Waals surface area contributed by atoms with Gasteiger partial charge in [-0.05, 0) is 100 Å². The molecular formula is C44H47N7O3. The van der Waals surface area contributed by atoms with Gasteiger partial charge in [-0.2, -0.15) is 0 Å². The summed E-state index contributed by atoms with van der Waals surface area (Å²) in [4.78, 5) is 39.2. The molecule has 0 fully saturated rings. The highest BCUT2D eigenvalue weighted by atomic mass is 16.5. The molecule has 0 spiro atoms. The first-order chi connectivity index (χ1) is 26.1. The Morgan fingerprint density at radius 3 is 1.96 bits per heavy atom. The fourth-order valence-electron chi connectivity index (χ4n) is 7.46. The van der Waals surface area contributed by atoms with Gasteiger partial charge in [0.05, 0.1) is 11.2 Å². The van der Waals surface area contributed by atoms with Crippen LogP contribution in [0.4, 0.5) is 5.69 Å². The smallest absolute Gasteiger partial charge is 0.270 e. The second kappa shape index (κ2) is 15.6.